The van der Waals surface area contributed by atoms with Gasteiger partial charge in [0.1, 0.15) is 16.1 Å². The molecule has 0 aliphatic rings. The van der Waals surface area contributed by atoms with Crippen LogP contribution in [-0.4, -0.2) is 26.1 Å². The smallest absolute Gasteiger partial charge is 0.131 e. The zero-order chi connectivity index (χ0) is 23.0. The van der Waals surface area contributed by atoms with Gasteiger partial charge in [0.25, 0.3) is 0 Å². The lowest BCUT2D eigenvalue weighted by molar-refractivity contribution is 0.828. The van der Waals surface area contributed by atoms with Gasteiger partial charge in [-0.1, -0.05) is 83.1 Å². The van der Waals surface area contributed by atoms with E-state index in [-0.39, 0.29) is 0 Å². The van der Waals surface area contributed by atoms with Crippen molar-refractivity contribution in [2.45, 2.75) is 116 Å². The number of thiazole rings is 2. The van der Waals surface area contributed by atoms with E-state index >= 15 is 0 Å². The summed E-state index contributed by atoms with van der Waals surface area (Å²) in [6.07, 6.45) is 2.08. The van der Waals surface area contributed by atoms with Crippen LogP contribution in [0.2, 0.25) is 33.2 Å². The largest absolute Gasteiger partial charge is 0.255 e. The summed E-state index contributed by atoms with van der Waals surface area (Å²) in [4.78, 5) is 13.0. The van der Waals surface area contributed by atoms with E-state index in [1.54, 1.807) is 11.3 Å². The molecule has 170 valence electrons. The number of hydrogen-bond acceptors (Lipinski definition) is 4. The van der Waals surface area contributed by atoms with Gasteiger partial charge in [0, 0.05) is 11.5 Å². The first-order valence-corrected chi connectivity index (χ1v) is 17.9. The molecule has 30 heavy (non-hydrogen) atoms. The lowest BCUT2D eigenvalue weighted by Crippen LogP contribution is -2.60. The van der Waals surface area contributed by atoms with E-state index in [9.17, 15) is 0 Å². The zero-order valence-corrected chi connectivity index (χ0v) is 25.0. The highest BCUT2D eigenvalue weighted by atomic mass is 32.1. The molecular weight excluding hydrogens is 437 g/mol. The van der Waals surface area contributed by atoms with Gasteiger partial charge in [0.2, 0.25) is 0 Å². The molecule has 2 nitrogen and oxygen atoms in total. The molecule has 6 heteroatoms. The van der Waals surface area contributed by atoms with Crippen LogP contribution in [0.3, 0.4) is 0 Å². The average molecular weight is 481 g/mol. The first-order chi connectivity index (χ1) is 13.9. The molecule has 2 heterocycles. The van der Waals surface area contributed by atoms with Gasteiger partial charge in [-0.25, -0.2) is 0 Å². The fourth-order valence-corrected chi connectivity index (χ4v) is 24.7. The predicted octanol–water partition coefficient (Wildman–Crippen LogP) is 8.04. The molecule has 0 fully saturated rings. The standard InChI is InChI=1S/C24H44N2S2Si2/c1-15(2)29(16(3)4,17(5)6)23-22(21-13-25-14-27-21)28-24(26-23)30(18(7)8,19(9)10)20(11)12/h13-20H,1-12H3. The van der Waals surface area contributed by atoms with Gasteiger partial charge < -0.3 is 0 Å². The molecule has 0 atom stereocenters. The molecule has 2 aromatic rings. The van der Waals surface area contributed by atoms with Crippen LogP contribution in [0.15, 0.2) is 11.7 Å². The Morgan fingerprint density at radius 3 is 1.43 bits per heavy atom. The molecule has 0 radical (unpaired) electrons. The first kappa shape index (κ1) is 26.0. The Labute approximate surface area is 196 Å². The molecule has 0 bridgehead atoms. The highest BCUT2D eigenvalue weighted by Crippen LogP contribution is 2.46. The third kappa shape index (κ3) is 3.95. The minimum atomic E-state index is -1.87. The first-order valence-electron chi connectivity index (χ1n) is 11.8. The van der Waals surface area contributed by atoms with E-state index in [4.69, 9.17) is 4.98 Å². The van der Waals surface area contributed by atoms with Crippen LogP contribution >= 0.6 is 22.7 Å². The second-order valence-electron chi connectivity index (χ2n) is 10.9. The molecule has 2 rings (SSSR count). The molecule has 0 saturated carbocycles. The fraction of sp³-hybridized carbons (Fsp3) is 0.750. The minimum absolute atomic E-state index is 0.660. The molecule has 0 spiro atoms. The van der Waals surface area contributed by atoms with Crippen LogP contribution in [-0.2, 0) is 0 Å². The average Bonchev–Trinajstić information content (AvgIpc) is 3.24. The summed E-state index contributed by atoms with van der Waals surface area (Å²) >= 11 is 3.83. The van der Waals surface area contributed by atoms with Crippen LogP contribution in [0.4, 0.5) is 0 Å². The maximum Gasteiger partial charge on any atom is 0.131 e. The Bertz CT molecular complexity index is 762. The zero-order valence-electron chi connectivity index (χ0n) is 21.3. The summed E-state index contributed by atoms with van der Waals surface area (Å²) in [7, 11) is -3.66. The summed E-state index contributed by atoms with van der Waals surface area (Å²) in [6.45, 7) is 29.5. The maximum absolute atomic E-state index is 5.76. The van der Waals surface area contributed by atoms with E-state index in [1.165, 1.54) is 19.7 Å². The highest BCUT2D eigenvalue weighted by Gasteiger charge is 2.52. The molecule has 0 amide bonds. The molecule has 0 aliphatic carbocycles. The highest BCUT2D eigenvalue weighted by molar-refractivity contribution is 7.32. The normalized spacial score (nSPS) is 13.8. The Hall–Kier alpha value is -0.306. The van der Waals surface area contributed by atoms with Crippen molar-refractivity contribution >= 4 is 48.8 Å². The van der Waals surface area contributed by atoms with Crippen molar-refractivity contribution in [3.8, 4) is 9.75 Å². The van der Waals surface area contributed by atoms with E-state index in [2.05, 4.69) is 94.3 Å². The SMILES string of the molecule is CC(C)[Si](c1nc([Si](C(C)C)(C(C)C)C(C)C)c(-c2cncs2)s1)(C(C)C)C(C)C. The van der Waals surface area contributed by atoms with Crippen molar-refractivity contribution in [2.75, 3.05) is 0 Å². The second kappa shape index (κ2) is 9.67. The van der Waals surface area contributed by atoms with Gasteiger partial charge in [-0.05, 0) is 33.2 Å². The molecule has 0 N–H and O–H groups in total. The van der Waals surface area contributed by atoms with Crippen molar-refractivity contribution < 1.29 is 0 Å². The third-order valence-electron chi connectivity index (χ3n) is 7.80. The van der Waals surface area contributed by atoms with E-state index in [0.717, 1.165) is 0 Å². The van der Waals surface area contributed by atoms with Crippen molar-refractivity contribution in [2.24, 2.45) is 0 Å². The molecule has 0 unspecified atom stereocenters. The number of nitrogens with zero attached hydrogens (tertiary/aromatic N) is 2. The Morgan fingerprint density at radius 2 is 1.10 bits per heavy atom. The molecule has 0 aliphatic heterocycles. The van der Waals surface area contributed by atoms with E-state index < -0.39 is 16.1 Å². The Kier molecular flexibility index (Phi) is 8.37. The molecule has 0 aromatic carbocycles. The second-order valence-corrected chi connectivity index (χ2v) is 24.7. The third-order valence-corrected chi connectivity index (χ3v) is 24.7. The van der Waals surface area contributed by atoms with Gasteiger partial charge in [-0.2, -0.15) is 0 Å². The molecule has 2 aromatic heterocycles. The summed E-state index contributed by atoms with van der Waals surface area (Å²) in [5.41, 5.74) is 6.00. The Morgan fingerprint density at radius 1 is 0.667 bits per heavy atom. The van der Waals surface area contributed by atoms with E-state index in [0.29, 0.717) is 33.2 Å². The van der Waals surface area contributed by atoms with Crippen LogP contribution in [0, 0.1) is 0 Å². The lowest BCUT2D eigenvalue weighted by atomic mass is 10.5. The monoisotopic (exact) mass is 480 g/mol. The summed E-state index contributed by atoms with van der Waals surface area (Å²) in [5, 5.41) is 1.49. The number of aromatic nitrogens is 2. The minimum Gasteiger partial charge on any atom is -0.255 e. The predicted molar refractivity (Wildman–Crippen MR) is 145 cm³/mol. The van der Waals surface area contributed by atoms with Crippen molar-refractivity contribution in [3.05, 3.63) is 11.7 Å². The summed E-state index contributed by atoms with van der Waals surface area (Å²) < 4.78 is 1.50. The Balaban J connectivity index is 2.97. The van der Waals surface area contributed by atoms with Crippen molar-refractivity contribution in [1.29, 1.82) is 0 Å². The summed E-state index contributed by atoms with van der Waals surface area (Å²) in [6, 6.07) is 0. The van der Waals surface area contributed by atoms with Crippen molar-refractivity contribution in [3.63, 3.8) is 0 Å². The summed E-state index contributed by atoms with van der Waals surface area (Å²) in [5.74, 6) is 0. The van der Waals surface area contributed by atoms with Gasteiger partial charge in [-0.3, -0.25) is 9.97 Å². The molecular formula is C24H44N2S2Si2. The van der Waals surface area contributed by atoms with Crippen LogP contribution in [0.5, 0.6) is 0 Å². The van der Waals surface area contributed by atoms with Crippen LogP contribution in [0.1, 0.15) is 83.1 Å². The maximum atomic E-state index is 5.76. The number of hydrogen-bond donors (Lipinski definition) is 0. The van der Waals surface area contributed by atoms with Gasteiger partial charge >= 0.3 is 0 Å². The topological polar surface area (TPSA) is 25.8 Å². The number of rotatable bonds is 9. The quantitative estimate of drug-likeness (QED) is 0.339. The van der Waals surface area contributed by atoms with Crippen LogP contribution in [0.25, 0.3) is 9.75 Å². The van der Waals surface area contributed by atoms with Crippen molar-refractivity contribution in [1.82, 2.24) is 9.97 Å². The lowest BCUT2D eigenvalue weighted by Gasteiger charge is -2.43. The van der Waals surface area contributed by atoms with Gasteiger partial charge in [-0.15, -0.1) is 22.7 Å². The fourth-order valence-electron chi connectivity index (χ4n) is 6.85. The molecule has 0 saturated heterocycles. The van der Waals surface area contributed by atoms with Gasteiger partial charge in [0.05, 0.1) is 19.9 Å². The van der Waals surface area contributed by atoms with E-state index in [1.807, 2.05) is 16.8 Å². The van der Waals surface area contributed by atoms with Crippen LogP contribution < -0.4 is 9.95 Å². The van der Waals surface area contributed by atoms with Gasteiger partial charge in [0.15, 0.2) is 0 Å².